The van der Waals surface area contributed by atoms with Crippen LogP contribution in [0.4, 0.5) is 0 Å². The van der Waals surface area contributed by atoms with Crippen molar-refractivity contribution in [3.63, 3.8) is 0 Å². The molecule has 1 rings (SSSR count). The second-order valence-corrected chi connectivity index (χ2v) is 12.0. The Labute approximate surface area is 255 Å². The first-order chi connectivity index (χ1) is 20.3. The van der Waals surface area contributed by atoms with Gasteiger partial charge in [0.15, 0.2) is 6.29 Å². The van der Waals surface area contributed by atoms with E-state index >= 15 is 0 Å². The molecule has 7 atom stereocenters. The molecule has 1 saturated heterocycles. The Bertz CT molecular complexity index is 676. The molecule has 1 aliphatic heterocycles. The average Bonchev–Trinajstić information content (AvgIpc) is 2.98. The lowest BCUT2D eigenvalue weighted by atomic mass is 9.99. The summed E-state index contributed by atoms with van der Waals surface area (Å²) in [6.07, 6.45) is 17.2. The fourth-order valence-corrected chi connectivity index (χ4v) is 5.27. The number of unbranched alkanes of at least 4 members (excludes halogenated alkanes) is 16. The summed E-state index contributed by atoms with van der Waals surface area (Å²) in [5.41, 5.74) is 0. The molecule has 6 N–H and O–H groups in total. The van der Waals surface area contributed by atoms with Crippen LogP contribution in [0.3, 0.4) is 0 Å². The largest absolute Gasteiger partial charge is 0.394 e. The van der Waals surface area contributed by atoms with Crippen molar-refractivity contribution in [2.24, 2.45) is 0 Å². The normalized spacial score (nSPS) is 24.2. The summed E-state index contributed by atoms with van der Waals surface area (Å²) in [6.45, 7) is 3.64. The number of amides is 1. The molecule has 1 amide bonds. The fourth-order valence-electron chi connectivity index (χ4n) is 5.27. The number of hydrogen-bond donors (Lipinski definition) is 6. The van der Waals surface area contributed by atoms with E-state index in [2.05, 4.69) is 19.2 Å². The van der Waals surface area contributed by atoms with E-state index in [0.29, 0.717) is 6.42 Å². The summed E-state index contributed by atoms with van der Waals surface area (Å²) >= 11 is 0. The number of carbonyl (C=O) groups is 1. The molecule has 1 aliphatic rings. The van der Waals surface area contributed by atoms with Gasteiger partial charge >= 0.3 is 0 Å². The van der Waals surface area contributed by atoms with E-state index in [1.165, 1.54) is 64.2 Å². The third kappa shape index (κ3) is 17.3. The maximum absolute atomic E-state index is 12.6. The zero-order valence-electron chi connectivity index (χ0n) is 26.5. The summed E-state index contributed by atoms with van der Waals surface area (Å²) in [5, 5.41) is 53.4. The van der Waals surface area contributed by atoms with E-state index in [4.69, 9.17) is 9.47 Å². The van der Waals surface area contributed by atoms with E-state index in [1.807, 2.05) is 6.08 Å². The van der Waals surface area contributed by atoms with Crippen LogP contribution in [0.15, 0.2) is 12.2 Å². The predicted molar refractivity (Wildman–Crippen MR) is 166 cm³/mol. The number of carbonyl (C=O) groups excluding carboxylic acids is 1. The van der Waals surface area contributed by atoms with Gasteiger partial charge in [-0.1, -0.05) is 122 Å². The average molecular weight is 602 g/mol. The highest BCUT2D eigenvalue weighted by atomic mass is 16.7. The molecule has 0 aromatic heterocycles. The first kappa shape index (κ1) is 39.0. The van der Waals surface area contributed by atoms with Crippen molar-refractivity contribution in [3.8, 4) is 0 Å². The Hall–Kier alpha value is -1.07. The van der Waals surface area contributed by atoms with Crippen molar-refractivity contribution in [1.82, 2.24) is 5.32 Å². The topological polar surface area (TPSA) is 149 Å². The molecule has 0 bridgehead atoms. The lowest BCUT2D eigenvalue weighted by molar-refractivity contribution is -0.302. The number of allylic oxidation sites excluding steroid dienone is 1. The Balaban J connectivity index is 2.47. The molecular formula is C33H63NO8. The molecule has 1 fully saturated rings. The van der Waals surface area contributed by atoms with Crippen LogP contribution >= 0.6 is 0 Å². The van der Waals surface area contributed by atoms with E-state index in [1.54, 1.807) is 6.08 Å². The molecule has 0 saturated carbocycles. The molecule has 0 aliphatic carbocycles. The summed E-state index contributed by atoms with van der Waals surface area (Å²) in [7, 11) is 0. The highest BCUT2D eigenvalue weighted by molar-refractivity contribution is 5.76. The Morgan fingerprint density at radius 3 is 1.86 bits per heavy atom. The number of aliphatic hydroxyl groups is 5. The minimum Gasteiger partial charge on any atom is -0.394 e. The summed E-state index contributed by atoms with van der Waals surface area (Å²) in [4.78, 5) is 12.6. The molecule has 248 valence electrons. The molecule has 0 spiro atoms. The summed E-state index contributed by atoms with van der Waals surface area (Å²) in [6, 6.07) is -0.793. The van der Waals surface area contributed by atoms with Crippen molar-refractivity contribution in [1.29, 1.82) is 0 Å². The number of nitrogens with one attached hydrogen (secondary N) is 1. The van der Waals surface area contributed by atoms with Crippen LogP contribution in [0.5, 0.6) is 0 Å². The van der Waals surface area contributed by atoms with Gasteiger partial charge in [-0.05, 0) is 19.3 Å². The van der Waals surface area contributed by atoms with Crippen LogP contribution < -0.4 is 5.32 Å². The highest BCUT2D eigenvalue weighted by Gasteiger charge is 2.44. The SMILES string of the molecule is CCCCCCCCCCCCCC/C=C/C(O)C(COC1OC(CO)C(O)C(O)C1O)NC(=O)CCCCCCC. The lowest BCUT2D eigenvalue weighted by Crippen LogP contribution is -2.60. The molecule has 0 aromatic carbocycles. The first-order valence-corrected chi connectivity index (χ1v) is 16.9. The Morgan fingerprint density at radius 2 is 1.31 bits per heavy atom. The van der Waals surface area contributed by atoms with Crippen LogP contribution in [0.2, 0.25) is 0 Å². The van der Waals surface area contributed by atoms with Crippen LogP contribution in [0.25, 0.3) is 0 Å². The van der Waals surface area contributed by atoms with Gasteiger partial charge in [-0.2, -0.15) is 0 Å². The molecule has 42 heavy (non-hydrogen) atoms. The summed E-state index contributed by atoms with van der Waals surface area (Å²) < 4.78 is 11.1. The predicted octanol–water partition coefficient (Wildman–Crippen LogP) is 4.66. The number of aliphatic hydroxyl groups excluding tert-OH is 5. The molecule has 0 radical (unpaired) electrons. The second kappa shape index (κ2) is 25.3. The minimum absolute atomic E-state index is 0.186. The zero-order chi connectivity index (χ0) is 31.0. The van der Waals surface area contributed by atoms with Crippen molar-refractivity contribution in [2.45, 2.75) is 179 Å². The smallest absolute Gasteiger partial charge is 0.220 e. The zero-order valence-corrected chi connectivity index (χ0v) is 26.5. The van der Waals surface area contributed by atoms with Gasteiger partial charge in [-0.3, -0.25) is 4.79 Å². The van der Waals surface area contributed by atoms with Crippen LogP contribution in [-0.2, 0) is 14.3 Å². The first-order valence-electron chi connectivity index (χ1n) is 16.9. The Kier molecular flexibility index (Phi) is 23.4. The quantitative estimate of drug-likeness (QED) is 0.0620. The number of rotatable bonds is 26. The van der Waals surface area contributed by atoms with Gasteiger partial charge in [0.2, 0.25) is 5.91 Å². The highest BCUT2D eigenvalue weighted by Crippen LogP contribution is 2.22. The van der Waals surface area contributed by atoms with Crippen LogP contribution in [0, 0.1) is 0 Å². The van der Waals surface area contributed by atoms with Crippen molar-refractivity contribution in [2.75, 3.05) is 13.2 Å². The van der Waals surface area contributed by atoms with Gasteiger partial charge in [-0.15, -0.1) is 0 Å². The Morgan fingerprint density at radius 1 is 0.786 bits per heavy atom. The molecule has 1 heterocycles. The number of ether oxygens (including phenoxy) is 2. The van der Waals surface area contributed by atoms with Gasteiger partial charge in [-0.25, -0.2) is 0 Å². The molecule has 9 heteroatoms. The summed E-state index contributed by atoms with van der Waals surface area (Å²) in [5.74, 6) is -0.192. The number of hydrogen-bond acceptors (Lipinski definition) is 8. The van der Waals surface area contributed by atoms with E-state index < -0.39 is 49.5 Å². The monoisotopic (exact) mass is 601 g/mol. The van der Waals surface area contributed by atoms with E-state index in [-0.39, 0.29) is 12.5 Å². The van der Waals surface area contributed by atoms with Crippen LogP contribution in [-0.4, -0.2) is 87.5 Å². The van der Waals surface area contributed by atoms with Crippen LogP contribution in [0.1, 0.15) is 136 Å². The molecule has 7 unspecified atom stereocenters. The fraction of sp³-hybridized carbons (Fsp3) is 0.909. The van der Waals surface area contributed by atoms with Gasteiger partial charge in [0.1, 0.15) is 24.4 Å². The third-order valence-corrected chi connectivity index (χ3v) is 8.11. The standard InChI is InChI=1S/C33H63NO8/c1-3-5-7-9-10-11-12-13-14-15-16-17-19-20-22-27(36)26(34-29(37)23-21-18-8-6-4-2)25-41-33-32(40)31(39)30(38)28(24-35)42-33/h20,22,26-28,30-33,35-36,38-40H,3-19,21,23-25H2,1-2H3,(H,34,37)/b22-20+. The van der Waals surface area contributed by atoms with Crippen molar-refractivity contribution >= 4 is 5.91 Å². The van der Waals surface area contributed by atoms with E-state index in [0.717, 1.165) is 51.4 Å². The molecule has 9 nitrogen and oxygen atoms in total. The van der Waals surface area contributed by atoms with Crippen molar-refractivity contribution in [3.05, 3.63) is 12.2 Å². The van der Waals surface area contributed by atoms with Gasteiger partial charge in [0, 0.05) is 6.42 Å². The van der Waals surface area contributed by atoms with Gasteiger partial charge in [0.05, 0.1) is 25.4 Å². The minimum atomic E-state index is -1.56. The maximum atomic E-state index is 12.6. The van der Waals surface area contributed by atoms with Crippen molar-refractivity contribution < 1.29 is 39.8 Å². The lowest BCUT2D eigenvalue weighted by Gasteiger charge is -2.40. The molecular weight excluding hydrogens is 538 g/mol. The van der Waals surface area contributed by atoms with Gasteiger partial charge < -0.3 is 40.3 Å². The van der Waals surface area contributed by atoms with E-state index in [9.17, 15) is 30.3 Å². The maximum Gasteiger partial charge on any atom is 0.220 e. The molecule has 0 aromatic rings. The third-order valence-electron chi connectivity index (χ3n) is 8.11. The van der Waals surface area contributed by atoms with Gasteiger partial charge in [0.25, 0.3) is 0 Å². The second-order valence-electron chi connectivity index (χ2n) is 12.0.